The van der Waals surface area contributed by atoms with E-state index in [0.717, 1.165) is 58.0 Å². The first-order valence-corrected chi connectivity index (χ1v) is 12.9. The van der Waals surface area contributed by atoms with Crippen LogP contribution in [0.3, 0.4) is 0 Å². The van der Waals surface area contributed by atoms with Crippen LogP contribution in [0, 0.1) is 0 Å². The third-order valence-corrected chi connectivity index (χ3v) is 6.80. The second kappa shape index (κ2) is 15.5. The van der Waals surface area contributed by atoms with Crippen molar-refractivity contribution in [3.8, 4) is 0 Å². The maximum Gasteiger partial charge on any atom is 0.410 e. The zero-order valence-electron chi connectivity index (χ0n) is 22.0. The molecule has 1 rings (SSSR count). The first-order chi connectivity index (χ1) is 15.8. The number of methoxy groups -OCH3 is 1. The second-order valence-corrected chi connectivity index (χ2v) is 9.46. The summed E-state index contributed by atoms with van der Waals surface area (Å²) in [5.74, 6) is -0.0230. The smallest absolute Gasteiger partial charge is 0.410 e. The summed E-state index contributed by atoms with van der Waals surface area (Å²) in [6, 6.07) is 0. The minimum absolute atomic E-state index is 0.0230. The van der Waals surface area contributed by atoms with E-state index in [-0.39, 0.29) is 18.6 Å². The van der Waals surface area contributed by atoms with E-state index in [0.29, 0.717) is 26.2 Å². The topological polar surface area (TPSA) is 82.6 Å². The van der Waals surface area contributed by atoms with Crippen molar-refractivity contribution < 1.29 is 24.2 Å². The highest BCUT2D eigenvalue weighted by Crippen LogP contribution is 2.30. The van der Waals surface area contributed by atoms with Crippen molar-refractivity contribution in [3.05, 3.63) is 0 Å². The minimum Gasteiger partial charge on any atom is -0.449 e. The van der Waals surface area contributed by atoms with Gasteiger partial charge in [-0.05, 0) is 46.0 Å². The van der Waals surface area contributed by atoms with Crippen molar-refractivity contribution in [2.45, 2.75) is 97.3 Å². The molecule has 1 fully saturated rings. The Morgan fingerprint density at radius 3 is 2.27 bits per heavy atom. The number of likely N-dealkylation sites (tertiary alicyclic amines) is 1. The SMILES string of the molecule is CCCCN(CC)C(=O)CN(C(=O)OCCC)C1(C)CCN(CC(OC)C(O)CCC)CC1. The lowest BCUT2D eigenvalue weighted by molar-refractivity contribution is -0.134. The summed E-state index contributed by atoms with van der Waals surface area (Å²) in [4.78, 5) is 31.8. The highest BCUT2D eigenvalue weighted by molar-refractivity contribution is 5.82. The predicted octanol–water partition coefficient (Wildman–Crippen LogP) is 3.51. The molecule has 1 saturated heterocycles. The minimum atomic E-state index is -0.477. The highest BCUT2D eigenvalue weighted by Gasteiger charge is 2.41. The molecular formula is C25H49N3O5. The Bertz CT molecular complexity index is 566. The van der Waals surface area contributed by atoms with Gasteiger partial charge >= 0.3 is 6.09 Å². The predicted molar refractivity (Wildman–Crippen MR) is 131 cm³/mol. The number of ether oxygens (including phenoxy) is 2. The van der Waals surface area contributed by atoms with Gasteiger partial charge in [-0.15, -0.1) is 0 Å². The van der Waals surface area contributed by atoms with E-state index in [4.69, 9.17) is 9.47 Å². The highest BCUT2D eigenvalue weighted by atomic mass is 16.6. The number of piperidine rings is 1. The van der Waals surface area contributed by atoms with Crippen molar-refractivity contribution in [2.75, 3.05) is 53.0 Å². The normalized spacial score (nSPS) is 17.9. The number of hydrogen-bond acceptors (Lipinski definition) is 6. The number of nitrogens with zero attached hydrogens (tertiary/aromatic N) is 3. The Labute approximate surface area is 201 Å². The van der Waals surface area contributed by atoms with Gasteiger partial charge in [0, 0.05) is 45.4 Å². The van der Waals surface area contributed by atoms with Gasteiger partial charge in [0.25, 0.3) is 0 Å². The van der Waals surface area contributed by atoms with E-state index in [2.05, 4.69) is 25.7 Å². The molecule has 1 aliphatic rings. The van der Waals surface area contributed by atoms with Gasteiger partial charge in [0.15, 0.2) is 0 Å². The molecule has 2 atom stereocenters. The Morgan fingerprint density at radius 1 is 1.09 bits per heavy atom. The van der Waals surface area contributed by atoms with Crippen LogP contribution < -0.4 is 0 Å². The molecular weight excluding hydrogens is 422 g/mol. The number of hydrogen-bond donors (Lipinski definition) is 1. The molecule has 33 heavy (non-hydrogen) atoms. The number of rotatable bonds is 15. The van der Waals surface area contributed by atoms with Crippen molar-refractivity contribution in [1.29, 1.82) is 0 Å². The molecule has 2 amide bonds. The summed E-state index contributed by atoms with van der Waals surface area (Å²) >= 11 is 0. The monoisotopic (exact) mass is 471 g/mol. The second-order valence-electron chi connectivity index (χ2n) is 9.46. The van der Waals surface area contributed by atoms with Crippen LogP contribution in [0.1, 0.15) is 79.6 Å². The first kappa shape index (κ1) is 29.7. The number of carbonyl (C=O) groups is 2. The molecule has 0 bridgehead atoms. The lowest BCUT2D eigenvalue weighted by atomic mass is 9.87. The largest absolute Gasteiger partial charge is 0.449 e. The summed E-state index contributed by atoms with van der Waals surface area (Å²) < 4.78 is 11.0. The average Bonchev–Trinajstić information content (AvgIpc) is 2.81. The van der Waals surface area contributed by atoms with Gasteiger partial charge in [0.2, 0.25) is 5.91 Å². The Hall–Kier alpha value is -1.38. The van der Waals surface area contributed by atoms with Crippen LogP contribution in [0.4, 0.5) is 4.79 Å². The van der Waals surface area contributed by atoms with Crippen molar-refractivity contribution >= 4 is 12.0 Å². The fraction of sp³-hybridized carbons (Fsp3) is 0.920. The van der Waals surface area contributed by atoms with E-state index >= 15 is 0 Å². The van der Waals surface area contributed by atoms with E-state index in [9.17, 15) is 14.7 Å². The van der Waals surface area contributed by atoms with Crippen LogP contribution >= 0.6 is 0 Å². The van der Waals surface area contributed by atoms with Crippen LogP contribution in [0.2, 0.25) is 0 Å². The van der Waals surface area contributed by atoms with Gasteiger partial charge < -0.3 is 24.4 Å². The van der Waals surface area contributed by atoms with Gasteiger partial charge in [0.1, 0.15) is 6.54 Å². The summed E-state index contributed by atoms with van der Waals surface area (Å²) in [5, 5.41) is 10.4. The molecule has 0 spiro atoms. The number of carbonyl (C=O) groups excluding carboxylic acids is 2. The number of amides is 2. The molecule has 8 heteroatoms. The van der Waals surface area contributed by atoms with E-state index < -0.39 is 17.7 Å². The summed E-state index contributed by atoms with van der Waals surface area (Å²) in [5.41, 5.74) is -0.453. The zero-order valence-corrected chi connectivity index (χ0v) is 22.0. The summed E-state index contributed by atoms with van der Waals surface area (Å²) in [7, 11) is 1.65. The third kappa shape index (κ3) is 9.41. The molecule has 0 aromatic carbocycles. The molecule has 0 aromatic rings. The molecule has 0 aliphatic carbocycles. The maximum absolute atomic E-state index is 13.1. The van der Waals surface area contributed by atoms with Gasteiger partial charge in [-0.1, -0.05) is 33.6 Å². The average molecular weight is 472 g/mol. The van der Waals surface area contributed by atoms with Crippen LogP contribution in [-0.2, 0) is 14.3 Å². The van der Waals surface area contributed by atoms with Gasteiger partial charge in [-0.3, -0.25) is 9.69 Å². The molecule has 2 unspecified atom stereocenters. The van der Waals surface area contributed by atoms with Crippen molar-refractivity contribution in [2.24, 2.45) is 0 Å². The molecule has 1 N–H and O–H groups in total. The zero-order chi connectivity index (χ0) is 24.9. The lowest BCUT2D eigenvalue weighted by Gasteiger charge is -2.46. The van der Waals surface area contributed by atoms with Crippen LogP contribution in [-0.4, -0.2) is 103 Å². The van der Waals surface area contributed by atoms with Crippen LogP contribution in [0.5, 0.6) is 0 Å². The first-order valence-electron chi connectivity index (χ1n) is 12.9. The van der Waals surface area contributed by atoms with Crippen LogP contribution in [0.25, 0.3) is 0 Å². The van der Waals surface area contributed by atoms with Crippen molar-refractivity contribution in [1.82, 2.24) is 14.7 Å². The molecule has 0 aromatic heterocycles. The lowest BCUT2D eigenvalue weighted by Crippen LogP contribution is -2.59. The Morgan fingerprint density at radius 2 is 1.76 bits per heavy atom. The van der Waals surface area contributed by atoms with Gasteiger partial charge in [-0.25, -0.2) is 4.79 Å². The Kier molecular flexibility index (Phi) is 13.9. The summed E-state index contributed by atoms with van der Waals surface area (Å²) in [6.07, 6.45) is 4.73. The molecule has 0 radical (unpaired) electrons. The van der Waals surface area contributed by atoms with E-state index in [1.54, 1.807) is 12.0 Å². The van der Waals surface area contributed by atoms with Crippen LogP contribution in [0.15, 0.2) is 0 Å². The number of aliphatic hydroxyl groups is 1. The standard InChI is InChI=1S/C25H49N3O5/c1-7-11-15-27(10-4)23(30)20-28(24(31)33-18-9-3)25(5)13-16-26(17-14-25)19-22(32-6)21(29)12-8-2/h21-22,29H,7-20H2,1-6H3. The van der Waals surface area contributed by atoms with Crippen molar-refractivity contribution in [3.63, 3.8) is 0 Å². The number of aliphatic hydroxyl groups excluding tert-OH is 1. The van der Waals surface area contributed by atoms with E-state index in [1.807, 2.05) is 18.7 Å². The quantitative estimate of drug-likeness (QED) is 0.394. The summed E-state index contributed by atoms with van der Waals surface area (Å²) in [6.45, 7) is 14.1. The molecule has 8 nitrogen and oxygen atoms in total. The number of unbranched alkanes of at least 4 members (excludes halogenated alkanes) is 1. The fourth-order valence-corrected chi connectivity index (χ4v) is 4.36. The molecule has 194 valence electrons. The molecule has 1 aliphatic heterocycles. The fourth-order valence-electron chi connectivity index (χ4n) is 4.36. The van der Waals surface area contributed by atoms with E-state index in [1.165, 1.54) is 0 Å². The third-order valence-electron chi connectivity index (χ3n) is 6.80. The number of likely N-dealkylation sites (N-methyl/N-ethyl adjacent to an activating group) is 1. The molecule has 0 saturated carbocycles. The maximum atomic E-state index is 13.1. The van der Waals surface area contributed by atoms with Gasteiger partial charge in [0.05, 0.1) is 18.8 Å². The molecule has 1 heterocycles. The Balaban J connectivity index is 2.87. The van der Waals surface area contributed by atoms with Gasteiger partial charge in [-0.2, -0.15) is 0 Å².